The summed E-state index contributed by atoms with van der Waals surface area (Å²) in [6, 6.07) is 7.80. The third-order valence-electron chi connectivity index (χ3n) is 4.50. The number of fused-ring (bicyclic) bond motifs is 1. The van der Waals surface area contributed by atoms with Gasteiger partial charge in [0.15, 0.2) is 0 Å². The molecular formula is C18H20ClN5O. The van der Waals surface area contributed by atoms with Gasteiger partial charge in [0.25, 0.3) is 0 Å². The minimum Gasteiger partial charge on any atom is -0.491 e. The van der Waals surface area contributed by atoms with Crippen LogP contribution in [0.2, 0.25) is 5.02 Å². The Kier molecular flexibility index (Phi) is 4.21. The highest BCUT2D eigenvalue weighted by atomic mass is 35.5. The zero-order chi connectivity index (χ0) is 17.4. The van der Waals surface area contributed by atoms with Gasteiger partial charge < -0.3 is 9.64 Å². The number of aromatic nitrogens is 4. The zero-order valence-corrected chi connectivity index (χ0v) is 15.1. The molecule has 2 aromatic heterocycles. The lowest BCUT2D eigenvalue weighted by Crippen LogP contribution is -2.25. The number of hydrogen-bond acceptors (Lipinski definition) is 5. The summed E-state index contributed by atoms with van der Waals surface area (Å²) in [6.45, 7) is 3.30. The Morgan fingerprint density at radius 3 is 2.92 bits per heavy atom. The van der Waals surface area contributed by atoms with E-state index in [1.54, 1.807) is 10.8 Å². The summed E-state index contributed by atoms with van der Waals surface area (Å²) in [6.07, 6.45) is 4.08. The molecule has 1 aliphatic rings. The number of aryl methyl sites for hydroxylation is 1. The molecule has 1 fully saturated rings. The second-order valence-electron chi connectivity index (χ2n) is 6.51. The van der Waals surface area contributed by atoms with Gasteiger partial charge in [0.1, 0.15) is 18.7 Å². The fraction of sp³-hybridized carbons (Fsp3) is 0.389. The van der Waals surface area contributed by atoms with E-state index in [1.165, 1.54) is 12.8 Å². The topological polar surface area (TPSA) is 55.5 Å². The Morgan fingerprint density at radius 2 is 2.16 bits per heavy atom. The fourth-order valence-electron chi connectivity index (χ4n) is 2.88. The van der Waals surface area contributed by atoms with Crippen molar-refractivity contribution >= 4 is 22.9 Å². The van der Waals surface area contributed by atoms with Crippen molar-refractivity contribution in [2.24, 2.45) is 0 Å². The number of anilines is 1. The van der Waals surface area contributed by atoms with E-state index in [2.05, 4.69) is 26.3 Å². The van der Waals surface area contributed by atoms with Crippen LogP contribution in [0.5, 0.6) is 5.75 Å². The van der Waals surface area contributed by atoms with Gasteiger partial charge in [0.05, 0.1) is 17.9 Å². The SMILES string of the molecule is Cc1cc(Cl)ccc1OCCN(C)c1cc(C2CC2)nn2cnnc12. The summed E-state index contributed by atoms with van der Waals surface area (Å²) in [5.41, 5.74) is 3.96. The van der Waals surface area contributed by atoms with Crippen LogP contribution in [-0.4, -0.2) is 40.0 Å². The van der Waals surface area contributed by atoms with Gasteiger partial charge in [-0.2, -0.15) is 9.61 Å². The summed E-state index contributed by atoms with van der Waals surface area (Å²) in [4.78, 5) is 2.14. The largest absolute Gasteiger partial charge is 0.491 e. The maximum Gasteiger partial charge on any atom is 0.200 e. The smallest absolute Gasteiger partial charge is 0.200 e. The maximum atomic E-state index is 5.99. The Labute approximate surface area is 151 Å². The Morgan fingerprint density at radius 1 is 1.32 bits per heavy atom. The standard InChI is InChI=1S/C18H20ClN5O/c1-12-9-14(19)5-6-17(12)25-8-7-23(2)16-10-15(13-3-4-13)22-24-11-20-21-18(16)24/h5-6,9-11,13H,3-4,7-8H2,1-2H3. The van der Waals surface area contributed by atoms with Gasteiger partial charge in [-0.3, -0.25) is 0 Å². The molecule has 0 spiro atoms. The molecule has 3 aromatic rings. The molecule has 4 rings (SSSR count). The molecule has 7 heteroatoms. The third-order valence-corrected chi connectivity index (χ3v) is 4.73. The normalized spacial score (nSPS) is 14.0. The first-order valence-electron chi connectivity index (χ1n) is 8.43. The van der Waals surface area contributed by atoms with Crippen LogP contribution in [0.3, 0.4) is 0 Å². The number of benzene rings is 1. The molecular weight excluding hydrogens is 338 g/mol. The highest BCUT2D eigenvalue weighted by molar-refractivity contribution is 6.30. The number of ether oxygens (including phenoxy) is 1. The first kappa shape index (κ1) is 16.1. The van der Waals surface area contributed by atoms with Crippen molar-refractivity contribution < 1.29 is 4.74 Å². The van der Waals surface area contributed by atoms with E-state index in [1.807, 2.05) is 32.2 Å². The number of halogens is 1. The summed E-state index contributed by atoms with van der Waals surface area (Å²) in [7, 11) is 2.04. The van der Waals surface area contributed by atoms with E-state index in [-0.39, 0.29) is 0 Å². The number of nitrogens with zero attached hydrogens (tertiary/aromatic N) is 5. The fourth-order valence-corrected chi connectivity index (χ4v) is 3.10. The van der Waals surface area contributed by atoms with Crippen LogP contribution in [0.4, 0.5) is 5.69 Å². The van der Waals surface area contributed by atoms with E-state index in [4.69, 9.17) is 16.3 Å². The van der Waals surface area contributed by atoms with Crippen LogP contribution in [0.25, 0.3) is 5.65 Å². The van der Waals surface area contributed by atoms with Crippen LogP contribution in [0.1, 0.15) is 30.0 Å². The average Bonchev–Trinajstić information content (AvgIpc) is 3.33. The summed E-state index contributed by atoms with van der Waals surface area (Å²) < 4.78 is 7.68. The second-order valence-corrected chi connectivity index (χ2v) is 6.94. The van der Waals surface area contributed by atoms with Crippen molar-refractivity contribution in [1.29, 1.82) is 0 Å². The first-order valence-corrected chi connectivity index (χ1v) is 8.80. The minimum absolute atomic E-state index is 0.570. The van der Waals surface area contributed by atoms with Gasteiger partial charge >= 0.3 is 0 Å². The summed E-state index contributed by atoms with van der Waals surface area (Å²) in [5.74, 6) is 1.44. The molecule has 2 heterocycles. The molecule has 0 aliphatic heterocycles. The molecule has 25 heavy (non-hydrogen) atoms. The van der Waals surface area contributed by atoms with E-state index in [9.17, 15) is 0 Å². The van der Waals surface area contributed by atoms with Crippen LogP contribution in [-0.2, 0) is 0 Å². The Hall–Kier alpha value is -2.34. The minimum atomic E-state index is 0.570. The lowest BCUT2D eigenvalue weighted by Gasteiger charge is -2.20. The Bertz CT molecular complexity index is 906. The van der Waals surface area contributed by atoms with E-state index >= 15 is 0 Å². The van der Waals surface area contributed by atoms with Crippen molar-refractivity contribution in [3.8, 4) is 5.75 Å². The van der Waals surface area contributed by atoms with E-state index in [0.717, 1.165) is 39.9 Å². The second kappa shape index (κ2) is 6.52. The van der Waals surface area contributed by atoms with Crippen molar-refractivity contribution in [2.75, 3.05) is 25.1 Å². The van der Waals surface area contributed by atoms with Gasteiger partial charge in [-0.15, -0.1) is 10.2 Å². The quantitative estimate of drug-likeness (QED) is 0.676. The van der Waals surface area contributed by atoms with Crippen molar-refractivity contribution in [2.45, 2.75) is 25.7 Å². The van der Waals surface area contributed by atoms with Crippen molar-refractivity contribution in [3.05, 3.63) is 46.9 Å². The van der Waals surface area contributed by atoms with Crippen LogP contribution in [0, 0.1) is 6.92 Å². The molecule has 1 aromatic carbocycles. The van der Waals surface area contributed by atoms with Crippen molar-refractivity contribution in [1.82, 2.24) is 19.8 Å². The molecule has 0 radical (unpaired) electrons. The third kappa shape index (κ3) is 3.39. The Balaban J connectivity index is 1.48. The van der Waals surface area contributed by atoms with Crippen LogP contribution >= 0.6 is 11.6 Å². The monoisotopic (exact) mass is 357 g/mol. The molecule has 130 valence electrons. The summed E-state index contributed by atoms with van der Waals surface area (Å²) >= 11 is 5.99. The number of rotatable bonds is 6. The summed E-state index contributed by atoms with van der Waals surface area (Å²) in [5, 5.41) is 13.5. The lowest BCUT2D eigenvalue weighted by atomic mass is 10.2. The maximum absolute atomic E-state index is 5.99. The highest BCUT2D eigenvalue weighted by Crippen LogP contribution is 2.40. The molecule has 1 saturated carbocycles. The van der Waals surface area contributed by atoms with Gasteiger partial charge in [0, 0.05) is 18.0 Å². The first-order chi connectivity index (χ1) is 12.1. The predicted octanol–water partition coefficient (Wildman–Crippen LogP) is 3.48. The van der Waals surface area contributed by atoms with Crippen LogP contribution in [0.15, 0.2) is 30.6 Å². The lowest BCUT2D eigenvalue weighted by molar-refractivity contribution is 0.324. The number of likely N-dealkylation sites (N-methyl/N-ethyl adjacent to an activating group) is 1. The zero-order valence-electron chi connectivity index (χ0n) is 14.3. The number of hydrogen-bond donors (Lipinski definition) is 0. The van der Waals surface area contributed by atoms with Crippen molar-refractivity contribution in [3.63, 3.8) is 0 Å². The van der Waals surface area contributed by atoms with Crippen LogP contribution < -0.4 is 9.64 Å². The molecule has 0 atom stereocenters. The average molecular weight is 358 g/mol. The van der Waals surface area contributed by atoms with E-state index < -0.39 is 0 Å². The predicted molar refractivity (Wildman–Crippen MR) is 97.7 cm³/mol. The molecule has 0 saturated heterocycles. The molecule has 0 N–H and O–H groups in total. The van der Waals surface area contributed by atoms with Gasteiger partial charge in [-0.25, -0.2) is 0 Å². The molecule has 1 aliphatic carbocycles. The molecule has 0 amide bonds. The van der Waals surface area contributed by atoms with Gasteiger partial charge in [0.2, 0.25) is 5.65 Å². The molecule has 0 unspecified atom stereocenters. The van der Waals surface area contributed by atoms with Gasteiger partial charge in [-0.1, -0.05) is 11.6 Å². The molecule has 6 nitrogen and oxygen atoms in total. The highest BCUT2D eigenvalue weighted by Gasteiger charge is 2.27. The van der Waals surface area contributed by atoms with E-state index in [0.29, 0.717) is 12.5 Å². The van der Waals surface area contributed by atoms with Gasteiger partial charge in [-0.05, 0) is 49.6 Å². The molecule has 0 bridgehead atoms.